The smallest absolute Gasteiger partial charge is 0.362 e. The van der Waals surface area contributed by atoms with Gasteiger partial charge in [-0.1, -0.05) is 0 Å². The molecular formula is C16H26O15. The van der Waals surface area contributed by atoms with E-state index in [1.54, 1.807) is 0 Å². The fourth-order valence-corrected chi connectivity index (χ4v) is 3.21. The molecule has 2 heterocycles. The van der Waals surface area contributed by atoms with Gasteiger partial charge in [0.2, 0.25) is 5.79 Å². The molecule has 0 aromatic carbocycles. The van der Waals surface area contributed by atoms with E-state index in [-0.39, 0.29) is 0 Å². The van der Waals surface area contributed by atoms with Gasteiger partial charge in [0.05, 0.1) is 26.1 Å². The zero-order chi connectivity index (χ0) is 23.6. The topological polar surface area (TPSA) is 253 Å². The van der Waals surface area contributed by atoms with E-state index in [4.69, 9.17) is 24.1 Å². The van der Waals surface area contributed by atoms with Crippen LogP contribution in [-0.2, 0) is 28.5 Å². The Kier molecular flexibility index (Phi) is 8.28. The van der Waals surface area contributed by atoms with Crippen LogP contribution in [0, 0.1) is 0 Å². The second-order valence-electron chi connectivity index (χ2n) is 7.08. The highest BCUT2D eigenvalue weighted by atomic mass is 16.9. The molecular weight excluding hydrogens is 432 g/mol. The molecule has 15 nitrogen and oxygen atoms in total. The van der Waals surface area contributed by atoms with Crippen molar-refractivity contribution in [2.75, 3.05) is 19.8 Å². The lowest BCUT2D eigenvalue weighted by atomic mass is 9.97. The minimum absolute atomic E-state index is 0.713. The van der Waals surface area contributed by atoms with Gasteiger partial charge in [0.15, 0.2) is 6.10 Å². The Balaban J connectivity index is 2.44. The quantitative estimate of drug-likeness (QED) is 0.115. The number of hydrogen-bond donors (Lipinski definition) is 9. The van der Waals surface area contributed by atoms with Crippen molar-refractivity contribution in [2.45, 2.75) is 67.3 Å². The summed E-state index contributed by atoms with van der Waals surface area (Å²) in [6.07, 6.45) is -15.1. The lowest BCUT2D eigenvalue weighted by Gasteiger charge is -2.49. The Labute approximate surface area is 174 Å². The van der Waals surface area contributed by atoms with Crippen LogP contribution in [0.1, 0.15) is 12.8 Å². The molecule has 0 saturated carbocycles. The third-order valence-electron chi connectivity index (χ3n) is 4.93. The van der Waals surface area contributed by atoms with Gasteiger partial charge in [-0.3, -0.25) is 14.3 Å². The lowest BCUT2D eigenvalue weighted by Crippen LogP contribution is -2.70. The Hall–Kier alpha value is -1.50. The third-order valence-corrected chi connectivity index (χ3v) is 4.93. The molecule has 180 valence electrons. The van der Waals surface area contributed by atoms with E-state index in [1.165, 1.54) is 0 Å². The number of ether oxygens (including phenoxy) is 4. The number of esters is 1. The van der Waals surface area contributed by atoms with Crippen molar-refractivity contribution in [1.29, 1.82) is 0 Å². The number of hydrogen-bond acceptors (Lipinski definition) is 14. The number of carbonyl (C=O) groups is 2. The second-order valence-corrected chi connectivity index (χ2v) is 7.08. The van der Waals surface area contributed by atoms with Gasteiger partial charge < -0.3 is 60.2 Å². The van der Waals surface area contributed by atoms with E-state index >= 15 is 0 Å². The summed E-state index contributed by atoms with van der Waals surface area (Å²) >= 11 is 0. The second kappa shape index (κ2) is 9.97. The minimum Gasteiger partial charge on any atom is -0.481 e. The fraction of sp³-hybridized carbons (Fsp3) is 0.875. The molecule has 2 fully saturated rings. The molecule has 1 unspecified atom stereocenters. The van der Waals surface area contributed by atoms with Gasteiger partial charge in [-0.05, 0) is 0 Å². The maximum absolute atomic E-state index is 12.2. The molecule has 2 saturated heterocycles. The normalized spacial score (nSPS) is 43.0. The lowest BCUT2D eigenvalue weighted by molar-refractivity contribution is -0.498. The Morgan fingerprint density at radius 3 is 1.87 bits per heavy atom. The highest BCUT2D eigenvalue weighted by Crippen LogP contribution is 2.41. The van der Waals surface area contributed by atoms with Crippen molar-refractivity contribution in [3.8, 4) is 0 Å². The summed E-state index contributed by atoms with van der Waals surface area (Å²) in [5.41, 5.74) is 0. The van der Waals surface area contributed by atoms with Crippen molar-refractivity contribution in [3.05, 3.63) is 0 Å². The summed E-state index contributed by atoms with van der Waals surface area (Å²) in [6.45, 7) is -3.09. The molecule has 2 aliphatic heterocycles. The third kappa shape index (κ3) is 4.96. The summed E-state index contributed by atoms with van der Waals surface area (Å²) in [7, 11) is 0. The van der Waals surface area contributed by atoms with E-state index in [0.29, 0.717) is 0 Å². The van der Waals surface area contributed by atoms with Gasteiger partial charge in [-0.15, -0.1) is 0 Å². The number of carbonyl (C=O) groups excluding carboxylic acids is 1. The predicted octanol–water partition coefficient (Wildman–Crippen LogP) is -5.66. The first kappa shape index (κ1) is 25.8. The van der Waals surface area contributed by atoms with E-state index in [2.05, 4.69) is 0 Å². The van der Waals surface area contributed by atoms with Crippen LogP contribution in [0.5, 0.6) is 0 Å². The van der Waals surface area contributed by atoms with Crippen LogP contribution >= 0.6 is 0 Å². The summed E-state index contributed by atoms with van der Waals surface area (Å²) in [4.78, 5) is 22.9. The molecule has 2 aliphatic rings. The van der Waals surface area contributed by atoms with Crippen LogP contribution in [0.4, 0.5) is 0 Å². The van der Waals surface area contributed by atoms with Gasteiger partial charge in [-0.2, -0.15) is 0 Å². The first-order valence-corrected chi connectivity index (χ1v) is 9.19. The number of aliphatic hydroxyl groups is 8. The van der Waals surface area contributed by atoms with Gasteiger partial charge in [0, 0.05) is 0 Å². The zero-order valence-corrected chi connectivity index (χ0v) is 16.1. The monoisotopic (exact) mass is 458 g/mol. The molecule has 0 aliphatic carbocycles. The van der Waals surface area contributed by atoms with E-state index < -0.39 is 99.1 Å². The molecule has 0 aromatic rings. The van der Waals surface area contributed by atoms with E-state index in [1.807, 2.05) is 0 Å². The molecule has 31 heavy (non-hydrogen) atoms. The summed E-state index contributed by atoms with van der Waals surface area (Å²) < 4.78 is 20.5. The Morgan fingerprint density at radius 2 is 1.39 bits per heavy atom. The average Bonchev–Trinajstić information content (AvgIpc) is 2.98. The van der Waals surface area contributed by atoms with E-state index in [9.17, 15) is 50.4 Å². The van der Waals surface area contributed by atoms with Crippen molar-refractivity contribution < 1.29 is 74.5 Å². The van der Waals surface area contributed by atoms with Crippen LogP contribution in [0.25, 0.3) is 0 Å². The Bertz CT molecular complexity index is 643. The maximum Gasteiger partial charge on any atom is 0.362 e. The van der Waals surface area contributed by atoms with E-state index in [0.717, 1.165) is 0 Å². The van der Waals surface area contributed by atoms with Crippen LogP contribution in [0.2, 0.25) is 0 Å². The molecule has 15 heteroatoms. The largest absolute Gasteiger partial charge is 0.481 e. The van der Waals surface area contributed by atoms with Crippen molar-refractivity contribution >= 4 is 11.9 Å². The molecule has 0 spiro atoms. The van der Waals surface area contributed by atoms with Crippen molar-refractivity contribution in [1.82, 2.24) is 0 Å². The predicted molar refractivity (Wildman–Crippen MR) is 90.5 cm³/mol. The standard InChI is InChI=1S/C16H26O15/c17-3-6-10(23)12(25)14(27)16(29-6,30-9(22)2-1-8(20)21)31-15(5-19)13(26)11(24)7(4-18)28-15/h6-7,10-14,17-19,23-27H,1-5H2,(H,20,21)/t6-,7-,10-,11-,12+,13+,14-,15?,16+/m1/s1. The molecule has 0 radical (unpaired) electrons. The number of rotatable bonds is 9. The molecule has 9 N–H and O–H groups in total. The maximum atomic E-state index is 12.2. The van der Waals surface area contributed by atoms with Gasteiger partial charge >= 0.3 is 17.9 Å². The number of aliphatic hydroxyl groups excluding tert-OH is 8. The Morgan fingerprint density at radius 1 is 0.806 bits per heavy atom. The van der Waals surface area contributed by atoms with Crippen LogP contribution in [0.15, 0.2) is 0 Å². The molecule has 2 rings (SSSR count). The minimum atomic E-state index is -3.14. The first-order valence-electron chi connectivity index (χ1n) is 9.19. The first-order chi connectivity index (χ1) is 14.5. The van der Waals surface area contributed by atoms with Gasteiger partial charge in [0.1, 0.15) is 43.2 Å². The van der Waals surface area contributed by atoms with Crippen LogP contribution in [-0.4, -0.2) is 132 Å². The zero-order valence-electron chi connectivity index (χ0n) is 16.1. The molecule has 0 aromatic heterocycles. The summed E-state index contributed by atoms with van der Waals surface area (Å²) in [5.74, 6) is -8.55. The van der Waals surface area contributed by atoms with Gasteiger partial charge in [-0.25, -0.2) is 0 Å². The summed E-state index contributed by atoms with van der Waals surface area (Å²) in [6, 6.07) is 0. The summed E-state index contributed by atoms with van der Waals surface area (Å²) in [5, 5.41) is 88.0. The molecule has 0 amide bonds. The fourth-order valence-electron chi connectivity index (χ4n) is 3.21. The number of carboxylic acid groups (broad SMARTS) is 1. The SMILES string of the molecule is O=C(O)CCC(=O)O[C@@]1(OC2(CO)O[C@H](CO)[C@@H](O)[C@@H]2O)O[C@H](CO)[C@@H](O)[C@H](O)[C@H]1O. The molecule has 0 bridgehead atoms. The molecule has 9 atom stereocenters. The van der Waals surface area contributed by atoms with Crippen molar-refractivity contribution in [2.24, 2.45) is 0 Å². The van der Waals surface area contributed by atoms with Crippen molar-refractivity contribution in [3.63, 3.8) is 0 Å². The number of carboxylic acids is 1. The van der Waals surface area contributed by atoms with Crippen LogP contribution in [0.3, 0.4) is 0 Å². The highest BCUT2D eigenvalue weighted by Gasteiger charge is 2.65. The van der Waals surface area contributed by atoms with Crippen LogP contribution < -0.4 is 0 Å². The number of aliphatic carboxylic acids is 1. The van der Waals surface area contributed by atoms with Gasteiger partial charge in [0.25, 0.3) is 0 Å². The average molecular weight is 458 g/mol. The highest BCUT2D eigenvalue weighted by molar-refractivity contribution is 5.76.